The number of aliphatic hydroxyl groups is 1. The summed E-state index contributed by atoms with van der Waals surface area (Å²) in [7, 11) is 0. The fourth-order valence-electron chi connectivity index (χ4n) is 1.77. The summed E-state index contributed by atoms with van der Waals surface area (Å²) >= 11 is 9.37. The number of benzene rings is 2. The van der Waals surface area contributed by atoms with Gasteiger partial charge in [0.15, 0.2) is 0 Å². The van der Waals surface area contributed by atoms with E-state index in [0.717, 1.165) is 10.0 Å². The second kappa shape index (κ2) is 5.83. The number of rotatable bonds is 3. The van der Waals surface area contributed by atoms with Crippen LogP contribution in [0, 0.1) is 5.82 Å². The maximum atomic E-state index is 13.0. The van der Waals surface area contributed by atoms with Crippen LogP contribution in [-0.2, 0) is 6.42 Å². The molecule has 4 heteroatoms. The molecule has 1 nitrogen and oxygen atoms in total. The molecular formula is C14H11BrClFO. The zero-order chi connectivity index (χ0) is 13.1. The molecule has 0 aliphatic rings. The molecule has 0 fully saturated rings. The highest BCUT2D eigenvalue weighted by atomic mass is 79.9. The SMILES string of the molecule is OC(Cc1cccc(F)c1)c1cc(Br)ccc1Cl. The van der Waals surface area contributed by atoms with Crippen molar-refractivity contribution in [3.8, 4) is 0 Å². The number of hydrogen-bond acceptors (Lipinski definition) is 1. The third-order valence-electron chi connectivity index (χ3n) is 2.64. The van der Waals surface area contributed by atoms with E-state index in [4.69, 9.17) is 11.6 Å². The normalized spacial score (nSPS) is 12.4. The van der Waals surface area contributed by atoms with Crippen molar-refractivity contribution in [2.45, 2.75) is 12.5 Å². The Morgan fingerprint density at radius 1 is 1.22 bits per heavy atom. The molecule has 1 atom stereocenters. The number of aliphatic hydroxyl groups excluding tert-OH is 1. The van der Waals surface area contributed by atoms with Crippen LogP contribution in [0.4, 0.5) is 4.39 Å². The topological polar surface area (TPSA) is 20.2 Å². The van der Waals surface area contributed by atoms with Crippen LogP contribution in [0.3, 0.4) is 0 Å². The zero-order valence-corrected chi connectivity index (χ0v) is 11.7. The predicted molar refractivity (Wildman–Crippen MR) is 74.2 cm³/mol. The van der Waals surface area contributed by atoms with Crippen molar-refractivity contribution >= 4 is 27.5 Å². The van der Waals surface area contributed by atoms with E-state index in [-0.39, 0.29) is 5.82 Å². The summed E-state index contributed by atoms with van der Waals surface area (Å²) in [6.45, 7) is 0. The van der Waals surface area contributed by atoms with Gasteiger partial charge in [0.25, 0.3) is 0 Å². The quantitative estimate of drug-likeness (QED) is 0.878. The van der Waals surface area contributed by atoms with Crippen LogP contribution in [-0.4, -0.2) is 5.11 Å². The van der Waals surface area contributed by atoms with Gasteiger partial charge in [-0.3, -0.25) is 0 Å². The molecule has 0 aliphatic carbocycles. The van der Waals surface area contributed by atoms with Crippen molar-refractivity contribution < 1.29 is 9.50 Å². The molecular weight excluding hydrogens is 319 g/mol. The largest absolute Gasteiger partial charge is 0.388 e. The molecule has 2 aromatic rings. The number of halogens is 3. The Morgan fingerprint density at radius 3 is 2.72 bits per heavy atom. The lowest BCUT2D eigenvalue weighted by atomic mass is 10.0. The first-order valence-corrected chi connectivity index (χ1v) is 6.61. The second-order valence-corrected chi connectivity index (χ2v) is 5.34. The molecule has 0 aromatic heterocycles. The van der Waals surface area contributed by atoms with E-state index in [9.17, 15) is 9.50 Å². The van der Waals surface area contributed by atoms with Gasteiger partial charge in [0.05, 0.1) is 6.10 Å². The Hall–Kier alpha value is -0.900. The van der Waals surface area contributed by atoms with E-state index in [2.05, 4.69) is 15.9 Å². The monoisotopic (exact) mass is 328 g/mol. The van der Waals surface area contributed by atoms with Gasteiger partial charge in [-0.15, -0.1) is 0 Å². The minimum absolute atomic E-state index is 0.306. The molecule has 0 aliphatic heterocycles. The van der Waals surface area contributed by atoms with Crippen LogP contribution in [0.15, 0.2) is 46.9 Å². The first-order valence-electron chi connectivity index (χ1n) is 5.44. The van der Waals surface area contributed by atoms with Gasteiger partial charge in [-0.25, -0.2) is 4.39 Å². The van der Waals surface area contributed by atoms with Crippen LogP contribution in [0.25, 0.3) is 0 Å². The van der Waals surface area contributed by atoms with E-state index in [0.29, 0.717) is 17.0 Å². The van der Waals surface area contributed by atoms with E-state index >= 15 is 0 Å². The second-order valence-electron chi connectivity index (χ2n) is 4.02. The molecule has 94 valence electrons. The molecule has 0 bridgehead atoms. The average Bonchev–Trinajstić information content (AvgIpc) is 2.32. The molecule has 0 heterocycles. The summed E-state index contributed by atoms with van der Waals surface area (Å²) in [5, 5.41) is 10.6. The molecule has 0 saturated heterocycles. The third-order valence-corrected chi connectivity index (χ3v) is 3.47. The van der Waals surface area contributed by atoms with Gasteiger partial charge in [-0.1, -0.05) is 39.7 Å². The lowest BCUT2D eigenvalue weighted by molar-refractivity contribution is 0.178. The highest BCUT2D eigenvalue weighted by Gasteiger charge is 2.13. The predicted octanol–water partition coefficient (Wildman–Crippen LogP) is 4.52. The van der Waals surface area contributed by atoms with Gasteiger partial charge < -0.3 is 5.11 Å². The molecule has 0 saturated carbocycles. The van der Waals surface area contributed by atoms with Crippen molar-refractivity contribution in [3.05, 3.63) is 68.9 Å². The van der Waals surface area contributed by atoms with Gasteiger partial charge in [-0.05, 0) is 35.9 Å². The van der Waals surface area contributed by atoms with Gasteiger partial charge >= 0.3 is 0 Å². The summed E-state index contributed by atoms with van der Waals surface area (Å²) in [4.78, 5) is 0. The van der Waals surface area contributed by atoms with E-state index < -0.39 is 6.10 Å². The van der Waals surface area contributed by atoms with E-state index in [1.807, 2.05) is 0 Å². The Kier molecular flexibility index (Phi) is 4.38. The lowest BCUT2D eigenvalue weighted by Gasteiger charge is -2.13. The van der Waals surface area contributed by atoms with Crippen molar-refractivity contribution in [2.24, 2.45) is 0 Å². The first kappa shape index (κ1) is 13.5. The molecule has 1 N–H and O–H groups in total. The minimum Gasteiger partial charge on any atom is -0.388 e. The van der Waals surface area contributed by atoms with Gasteiger partial charge in [-0.2, -0.15) is 0 Å². The van der Waals surface area contributed by atoms with Crippen LogP contribution in [0.2, 0.25) is 5.02 Å². The molecule has 0 spiro atoms. The fraction of sp³-hybridized carbons (Fsp3) is 0.143. The molecule has 18 heavy (non-hydrogen) atoms. The smallest absolute Gasteiger partial charge is 0.123 e. The van der Waals surface area contributed by atoms with Crippen LogP contribution >= 0.6 is 27.5 Å². The third kappa shape index (κ3) is 3.31. The van der Waals surface area contributed by atoms with Crippen molar-refractivity contribution in [3.63, 3.8) is 0 Å². The van der Waals surface area contributed by atoms with Crippen LogP contribution in [0.5, 0.6) is 0 Å². The standard InChI is InChI=1S/C14H11BrClFO/c15-10-4-5-13(16)12(8-10)14(18)7-9-2-1-3-11(17)6-9/h1-6,8,14,18H,7H2. The zero-order valence-electron chi connectivity index (χ0n) is 9.41. The highest BCUT2D eigenvalue weighted by molar-refractivity contribution is 9.10. The van der Waals surface area contributed by atoms with Crippen molar-refractivity contribution in [1.82, 2.24) is 0 Å². The van der Waals surface area contributed by atoms with E-state index in [1.54, 1.807) is 30.3 Å². The van der Waals surface area contributed by atoms with Crippen LogP contribution < -0.4 is 0 Å². The Labute approximate surface area is 118 Å². The summed E-state index contributed by atoms with van der Waals surface area (Å²) in [5.74, 6) is -0.306. The molecule has 2 aromatic carbocycles. The molecule has 1 unspecified atom stereocenters. The van der Waals surface area contributed by atoms with Crippen LogP contribution in [0.1, 0.15) is 17.2 Å². The Balaban J connectivity index is 2.21. The van der Waals surface area contributed by atoms with E-state index in [1.165, 1.54) is 12.1 Å². The Morgan fingerprint density at radius 2 is 2.00 bits per heavy atom. The highest BCUT2D eigenvalue weighted by Crippen LogP contribution is 2.28. The molecule has 0 amide bonds. The first-order chi connectivity index (χ1) is 8.56. The average molecular weight is 330 g/mol. The van der Waals surface area contributed by atoms with Gasteiger partial charge in [0.1, 0.15) is 5.82 Å². The summed E-state index contributed by atoms with van der Waals surface area (Å²) in [6.07, 6.45) is -0.426. The Bertz CT molecular complexity index is 559. The van der Waals surface area contributed by atoms with Crippen molar-refractivity contribution in [1.29, 1.82) is 0 Å². The molecule has 0 radical (unpaired) electrons. The maximum Gasteiger partial charge on any atom is 0.123 e. The summed E-state index contributed by atoms with van der Waals surface area (Å²) in [5.41, 5.74) is 1.37. The molecule has 2 rings (SSSR count). The lowest BCUT2D eigenvalue weighted by Crippen LogP contribution is -2.03. The summed E-state index contributed by atoms with van der Waals surface area (Å²) in [6, 6.07) is 11.5. The van der Waals surface area contributed by atoms with Crippen molar-refractivity contribution in [2.75, 3.05) is 0 Å². The number of hydrogen-bond donors (Lipinski definition) is 1. The minimum atomic E-state index is -0.753. The van der Waals surface area contributed by atoms with Gasteiger partial charge in [0, 0.05) is 21.5 Å². The fourth-order valence-corrected chi connectivity index (χ4v) is 2.39. The summed E-state index contributed by atoms with van der Waals surface area (Å²) < 4.78 is 13.9. The maximum absolute atomic E-state index is 13.0. The van der Waals surface area contributed by atoms with Gasteiger partial charge in [0.2, 0.25) is 0 Å².